The summed E-state index contributed by atoms with van der Waals surface area (Å²) in [5, 5.41) is 34.4. The van der Waals surface area contributed by atoms with Crippen LogP contribution in [0.4, 0.5) is 26.3 Å². The molecule has 16 heteroatoms. The van der Waals surface area contributed by atoms with Crippen LogP contribution in [0.3, 0.4) is 0 Å². The summed E-state index contributed by atoms with van der Waals surface area (Å²) < 4.78 is 123. The van der Waals surface area contributed by atoms with Gasteiger partial charge in [0, 0.05) is 21.8 Å². The lowest BCUT2D eigenvalue weighted by Crippen LogP contribution is -2.79. The number of alkyl halides is 6. The second kappa shape index (κ2) is 17.5. The third kappa shape index (κ3) is 9.18. The molecule has 3 N–H and O–H groups in total. The Labute approximate surface area is 384 Å². The van der Waals surface area contributed by atoms with Gasteiger partial charge in [0.25, 0.3) is 0 Å². The molecule has 0 aliphatic heterocycles. The quantitative estimate of drug-likeness (QED) is 0.0546. The first kappa shape index (κ1) is 57.3. The Balaban J connectivity index is 2.69. The summed E-state index contributed by atoms with van der Waals surface area (Å²) >= 11 is 0. The van der Waals surface area contributed by atoms with Crippen molar-refractivity contribution in [3.63, 3.8) is 0 Å². The van der Waals surface area contributed by atoms with Gasteiger partial charge in [-0.3, -0.25) is 0 Å². The number of carbonyl (C=O) groups is 2. The van der Waals surface area contributed by atoms with E-state index in [9.17, 15) is 51.3 Å². The zero-order valence-electron chi connectivity index (χ0n) is 42.4. The van der Waals surface area contributed by atoms with E-state index in [0.717, 1.165) is 0 Å². The number of rotatable bonds is 22. The highest BCUT2D eigenvalue weighted by molar-refractivity contribution is 5.88. The predicted molar refractivity (Wildman–Crippen MR) is 235 cm³/mol. The Hall–Kier alpha value is -1.98. The fourth-order valence-electron chi connectivity index (χ4n) is 12.8. The molecule has 0 aromatic heterocycles. The summed E-state index contributed by atoms with van der Waals surface area (Å²) in [5.41, 5.74) is -23.6. The molecule has 0 heterocycles. The highest BCUT2D eigenvalue weighted by Gasteiger charge is 2.81. The molecule has 0 radical (unpaired) electrons. The van der Waals surface area contributed by atoms with Crippen LogP contribution in [0, 0.1) is 16.2 Å². The molecule has 0 aromatic carbocycles. The average Bonchev–Trinajstić information content (AvgIpc) is 3.14. The van der Waals surface area contributed by atoms with E-state index in [2.05, 4.69) is 6.58 Å². The zero-order chi connectivity index (χ0) is 51.0. The molecule has 4 fully saturated rings. The lowest BCUT2D eigenvalue weighted by Gasteiger charge is -2.79. The van der Waals surface area contributed by atoms with Gasteiger partial charge in [-0.15, -0.1) is 0 Å². The van der Waals surface area contributed by atoms with Crippen molar-refractivity contribution in [1.82, 2.24) is 0 Å². The van der Waals surface area contributed by atoms with Gasteiger partial charge in [0.1, 0.15) is 16.8 Å². The number of hydrogen-bond acceptors (Lipinski definition) is 10. The Morgan fingerprint density at radius 1 is 0.523 bits per heavy atom. The number of ether oxygens (including phenoxy) is 5. The van der Waals surface area contributed by atoms with Crippen molar-refractivity contribution in [3.8, 4) is 0 Å². The van der Waals surface area contributed by atoms with Crippen LogP contribution in [0.5, 0.6) is 0 Å². The summed E-state index contributed by atoms with van der Waals surface area (Å²) in [6, 6.07) is 0. The molecule has 4 atom stereocenters. The van der Waals surface area contributed by atoms with Gasteiger partial charge in [0.15, 0.2) is 17.8 Å². The van der Waals surface area contributed by atoms with Crippen LogP contribution in [0.15, 0.2) is 12.2 Å². The molecule has 0 spiro atoms. The van der Waals surface area contributed by atoms with Crippen LogP contribution >= 0.6 is 0 Å². The van der Waals surface area contributed by atoms with E-state index in [4.69, 9.17) is 23.7 Å². The average molecular weight is 945 g/mol. The van der Waals surface area contributed by atoms with E-state index >= 15 is 0 Å². The Morgan fingerprint density at radius 2 is 0.800 bits per heavy atom. The van der Waals surface area contributed by atoms with Crippen molar-refractivity contribution >= 4 is 11.9 Å². The largest absolute Gasteiger partial charge is 0.456 e. The molecule has 0 saturated heterocycles. The molecule has 4 aliphatic rings. The molecular weight excluding hydrogens is 863 g/mol. The first-order valence-corrected chi connectivity index (χ1v) is 23.4. The van der Waals surface area contributed by atoms with Gasteiger partial charge in [-0.05, 0) is 153 Å². The smallest absolute Gasteiger partial charge is 0.419 e. The highest BCUT2D eigenvalue weighted by atomic mass is 19.4. The minimum absolute atomic E-state index is 0.0150. The predicted octanol–water partition coefficient (Wildman–Crippen LogP) is 11.2. The van der Waals surface area contributed by atoms with E-state index in [0.29, 0.717) is 26.7 Å². The number of carbonyl (C=O) groups excluding carboxylic acids is 2. The van der Waals surface area contributed by atoms with Gasteiger partial charge in [0.05, 0.1) is 28.0 Å². The highest BCUT2D eigenvalue weighted by Crippen LogP contribution is 2.81. The minimum Gasteiger partial charge on any atom is -0.456 e. The normalized spacial score (nSPS) is 27.8. The second-order valence-corrected chi connectivity index (χ2v) is 22.6. The summed E-state index contributed by atoms with van der Waals surface area (Å²) in [5.74, 6) is -1.78. The standard InChI is InChI=1S/C49H82F6O10/c1-19-45(20-2,63-36(11,12)35(9,10)58)41-26-42(46(21-3,22-4)64-37(13,14)39(17,59)48(50,51)52)28-43(27-41,31-44(29-41,30-42)62-33(56)25-61-34(57)32(7)8)47(23-5,24-6)65-38(15,16)40(18,60)49(53,54)55/h58-60H,7,19-31H2,1-6,8-18H3. The van der Waals surface area contributed by atoms with Crippen LogP contribution in [0.2, 0.25) is 0 Å². The van der Waals surface area contributed by atoms with E-state index in [-0.39, 0.29) is 69.8 Å². The Kier molecular flexibility index (Phi) is 15.4. The minimum atomic E-state index is -5.14. The van der Waals surface area contributed by atoms with E-state index in [1.165, 1.54) is 34.6 Å². The SMILES string of the molecule is C=C(C)C(=O)OCC(=O)OC12CC3(C(CC)(CC)OC(C)(C)C(C)(C)O)CC(C(CC)(CC)OC(C)(C)C(C)(O)C(F)(F)F)(C1)CC(C(CC)(CC)OC(C)(C)C(C)(O)C(F)(F)F)(C2)C3. The maximum atomic E-state index is 14.9. The van der Waals surface area contributed by atoms with E-state index in [1.807, 2.05) is 13.8 Å². The van der Waals surface area contributed by atoms with E-state index < -0.39 is 103 Å². The van der Waals surface area contributed by atoms with E-state index in [1.54, 1.807) is 55.4 Å². The Morgan fingerprint density at radius 3 is 1.03 bits per heavy atom. The molecule has 65 heavy (non-hydrogen) atoms. The molecule has 4 rings (SSSR count). The van der Waals surface area contributed by atoms with Crippen molar-refractivity contribution in [1.29, 1.82) is 0 Å². The fourth-order valence-corrected chi connectivity index (χ4v) is 12.8. The van der Waals surface area contributed by atoms with Gasteiger partial charge in [0.2, 0.25) is 0 Å². The Bertz CT molecular complexity index is 1670. The van der Waals surface area contributed by atoms with Gasteiger partial charge in [-0.2, -0.15) is 26.3 Å². The van der Waals surface area contributed by atoms with Crippen LogP contribution in [0.25, 0.3) is 0 Å². The molecule has 10 nitrogen and oxygen atoms in total. The number of esters is 2. The number of hydrogen-bond donors (Lipinski definition) is 3. The van der Waals surface area contributed by atoms with Gasteiger partial charge in [-0.1, -0.05) is 48.1 Å². The maximum Gasteiger partial charge on any atom is 0.419 e. The number of aliphatic hydroxyl groups is 3. The van der Waals surface area contributed by atoms with Crippen molar-refractivity contribution in [2.24, 2.45) is 16.2 Å². The molecule has 4 unspecified atom stereocenters. The fraction of sp³-hybridized carbons (Fsp3) is 0.918. The van der Waals surface area contributed by atoms with Gasteiger partial charge in [-0.25, -0.2) is 9.59 Å². The number of halogens is 6. The topological polar surface area (TPSA) is 141 Å². The van der Waals surface area contributed by atoms with Crippen LogP contribution in [-0.2, 0) is 33.3 Å². The summed E-state index contributed by atoms with van der Waals surface area (Å²) in [6.07, 6.45) is -8.59. The van der Waals surface area contributed by atoms with Crippen LogP contribution in [-0.4, -0.2) is 102 Å². The summed E-state index contributed by atoms with van der Waals surface area (Å²) in [7, 11) is 0. The molecular formula is C49H82F6O10. The molecule has 380 valence electrons. The molecule has 4 bridgehead atoms. The maximum absolute atomic E-state index is 14.9. The monoisotopic (exact) mass is 945 g/mol. The molecule has 0 amide bonds. The molecule has 0 aromatic rings. The van der Waals surface area contributed by atoms with Crippen LogP contribution < -0.4 is 0 Å². The summed E-state index contributed by atoms with van der Waals surface area (Å²) in [4.78, 5) is 26.8. The summed E-state index contributed by atoms with van der Waals surface area (Å²) in [6.45, 7) is 28.0. The lowest BCUT2D eigenvalue weighted by atomic mass is 9.30. The first-order chi connectivity index (χ1) is 28.9. The van der Waals surface area contributed by atoms with Crippen molar-refractivity contribution in [3.05, 3.63) is 12.2 Å². The third-order valence-corrected chi connectivity index (χ3v) is 17.6. The molecule has 4 aliphatic carbocycles. The van der Waals surface area contributed by atoms with Crippen molar-refractivity contribution in [2.75, 3.05) is 6.61 Å². The second-order valence-electron chi connectivity index (χ2n) is 22.6. The van der Waals surface area contributed by atoms with Crippen LogP contribution in [0.1, 0.15) is 195 Å². The van der Waals surface area contributed by atoms with Gasteiger partial charge < -0.3 is 39.0 Å². The first-order valence-electron chi connectivity index (χ1n) is 23.4. The van der Waals surface area contributed by atoms with Gasteiger partial charge >= 0.3 is 24.3 Å². The molecule has 4 saturated carbocycles. The van der Waals surface area contributed by atoms with Crippen molar-refractivity contribution < 1.29 is 74.9 Å². The lowest BCUT2D eigenvalue weighted by molar-refractivity contribution is -0.401. The zero-order valence-corrected chi connectivity index (χ0v) is 42.4. The third-order valence-electron chi connectivity index (χ3n) is 17.6. The van der Waals surface area contributed by atoms with Crippen molar-refractivity contribution in [2.45, 2.75) is 263 Å².